The van der Waals surface area contributed by atoms with E-state index in [0.29, 0.717) is 26.4 Å². The molecule has 1 N–H and O–H groups in total. The molecule has 23 heavy (non-hydrogen) atoms. The first-order valence-electron chi connectivity index (χ1n) is 8.11. The predicted octanol–water partition coefficient (Wildman–Crippen LogP) is 0.935. The van der Waals surface area contributed by atoms with Crippen molar-refractivity contribution in [2.24, 2.45) is 0 Å². The number of hydrogen-bond acceptors (Lipinski definition) is 6. The Morgan fingerprint density at radius 1 is 1.17 bits per heavy atom. The van der Waals surface area contributed by atoms with E-state index < -0.39 is 15.7 Å². The Kier molecular flexibility index (Phi) is 14.3. The highest BCUT2D eigenvalue weighted by Crippen LogP contribution is 2.16. The Balaban J connectivity index is 3.76. The van der Waals surface area contributed by atoms with Crippen LogP contribution in [0, 0.1) is 0 Å². The van der Waals surface area contributed by atoms with Crippen LogP contribution in [0.2, 0.25) is 6.04 Å². The molecule has 0 rings (SSSR count). The van der Waals surface area contributed by atoms with Crippen molar-refractivity contribution in [2.75, 3.05) is 39.8 Å². The van der Waals surface area contributed by atoms with E-state index in [1.165, 1.54) is 6.08 Å². The molecule has 0 aliphatic carbocycles. The van der Waals surface area contributed by atoms with Crippen LogP contribution in [0.4, 0.5) is 0 Å². The molecule has 136 valence electrons. The summed E-state index contributed by atoms with van der Waals surface area (Å²) < 4.78 is 27.6. The molecule has 7 nitrogen and oxygen atoms in total. The van der Waals surface area contributed by atoms with Gasteiger partial charge in [-0.25, -0.2) is 0 Å². The van der Waals surface area contributed by atoms with Gasteiger partial charge in [0.2, 0.25) is 5.91 Å². The zero-order valence-electron chi connectivity index (χ0n) is 14.6. The Morgan fingerprint density at radius 3 is 2.30 bits per heavy atom. The van der Waals surface area contributed by atoms with Crippen LogP contribution in [0.1, 0.15) is 27.2 Å². The standard InChI is InChI=1S/C15H31NO6Si/c1-5-14(17)16-10-9-11-23-22-13-18-12-15(19-6-2,20-7-3)21-8-4/h5H,1,6-13,23H2,2-4H3,(H,16,17). The summed E-state index contributed by atoms with van der Waals surface area (Å²) in [6.07, 6.45) is 2.16. The van der Waals surface area contributed by atoms with Crippen LogP contribution in [-0.2, 0) is 28.2 Å². The van der Waals surface area contributed by atoms with E-state index >= 15 is 0 Å². The molecule has 0 aromatic rings. The summed E-state index contributed by atoms with van der Waals surface area (Å²) in [6, 6.07) is 0.967. The maximum absolute atomic E-state index is 10.9. The lowest BCUT2D eigenvalue weighted by Crippen LogP contribution is -2.44. The van der Waals surface area contributed by atoms with E-state index in [2.05, 4.69) is 11.9 Å². The van der Waals surface area contributed by atoms with Gasteiger partial charge in [-0.15, -0.1) is 0 Å². The average Bonchev–Trinajstić information content (AvgIpc) is 2.53. The van der Waals surface area contributed by atoms with Gasteiger partial charge < -0.3 is 28.7 Å². The molecule has 0 aromatic carbocycles. The van der Waals surface area contributed by atoms with Crippen molar-refractivity contribution in [1.29, 1.82) is 0 Å². The van der Waals surface area contributed by atoms with Gasteiger partial charge in [-0.3, -0.25) is 4.79 Å². The van der Waals surface area contributed by atoms with Crippen LogP contribution in [0.3, 0.4) is 0 Å². The smallest absolute Gasteiger partial charge is 0.307 e. The second-order valence-corrected chi connectivity index (χ2v) is 6.08. The summed E-state index contributed by atoms with van der Waals surface area (Å²) in [7, 11) is -0.663. The minimum absolute atomic E-state index is 0.143. The highest BCUT2D eigenvalue weighted by Gasteiger charge is 2.33. The maximum Gasteiger partial charge on any atom is 0.307 e. The van der Waals surface area contributed by atoms with Gasteiger partial charge in [-0.2, -0.15) is 0 Å². The largest absolute Gasteiger partial charge is 0.402 e. The summed E-state index contributed by atoms with van der Waals surface area (Å²) in [5, 5.41) is 2.73. The zero-order chi connectivity index (χ0) is 17.4. The third kappa shape index (κ3) is 11.4. The second kappa shape index (κ2) is 14.8. The third-order valence-electron chi connectivity index (χ3n) is 2.74. The van der Waals surface area contributed by atoms with E-state index in [0.717, 1.165) is 12.5 Å². The molecule has 1 amide bonds. The summed E-state index contributed by atoms with van der Waals surface area (Å²) in [5.41, 5.74) is 0. The molecule has 0 saturated heterocycles. The SMILES string of the molecule is C=CC(=O)NCCC[SiH2]OCOCC(OCC)(OCC)OCC. The van der Waals surface area contributed by atoms with Crippen molar-refractivity contribution in [2.45, 2.75) is 39.2 Å². The molecule has 0 aromatic heterocycles. The Hall–Kier alpha value is -0.773. The van der Waals surface area contributed by atoms with Crippen LogP contribution in [-0.4, -0.2) is 61.4 Å². The maximum atomic E-state index is 10.9. The first-order valence-corrected chi connectivity index (χ1v) is 9.69. The Morgan fingerprint density at radius 2 is 1.78 bits per heavy atom. The molecule has 0 bridgehead atoms. The molecule has 0 saturated carbocycles. The highest BCUT2D eigenvalue weighted by atomic mass is 28.2. The van der Waals surface area contributed by atoms with Gasteiger partial charge in [0.1, 0.15) is 13.4 Å². The number of rotatable bonds is 16. The molecule has 0 unspecified atom stereocenters. The van der Waals surface area contributed by atoms with E-state index in [1.807, 2.05) is 20.8 Å². The molecule has 0 fully saturated rings. The topological polar surface area (TPSA) is 75.3 Å². The molecule has 0 radical (unpaired) electrons. The van der Waals surface area contributed by atoms with Gasteiger partial charge in [-0.1, -0.05) is 6.58 Å². The third-order valence-corrected chi connectivity index (χ3v) is 3.98. The van der Waals surface area contributed by atoms with E-state index in [-0.39, 0.29) is 19.3 Å². The molecule has 0 aliphatic rings. The molecule has 0 heterocycles. The number of carbonyl (C=O) groups is 1. The van der Waals surface area contributed by atoms with Crippen LogP contribution in [0.5, 0.6) is 0 Å². The Labute approximate surface area is 141 Å². The number of amides is 1. The quantitative estimate of drug-likeness (QED) is 0.193. The first-order chi connectivity index (χ1) is 11.1. The van der Waals surface area contributed by atoms with Crippen molar-refractivity contribution >= 4 is 15.7 Å². The molecule has 8 heteroatoms. The summed E-state index contributed by atoms with van der Waals surface area (Å²) >= 11 is 0. The molecule has 0 spiro atoms. The molecule has 0 aliphatic heterocycles. The number of carbonyl (C=O) groups excluding carboxylic acids is 1. The number of hydrogen-bond donors (Lipinski definition) is 1. The van der Waals surface area contributed by atoms with Crippen LogP contribution >= 0.6 is 0 Å². The van der Waals surface area contributed by atoms with Gasteiger partial charge >= 0.3 is 5.97 Å². The van der Waals surface area contributed by atoms with E-state index in [9.17, 15) is 4.79 Å². The van der Waals surface area contributed by atoms with Crippen LogP contribution in [0.25, 0.3) is 0 Å². The van der Waals surface area contributed by atoms with Crippen LogP contribution in [0.15, 0.2) is 12.7 Å². The monoisotopic (exact) mass is 349 g/mol. The molecular formula is C15H31NO6Si. The predicted molar refractivity (Wildman–Crippen MR) is 90.7 cm³/mol. The van der Waals surface area contributed by atoms with Crippen LogP contribution < -0.4 is 5.32 Å². The lowest BCUT2D eigenvalue weighted by Gasteiger charge is -2.31. The first kappa shape index (κ1) is 22.2. The normalized spacial score (nSPS) is 12.0. The highest BCUT2D eigenvalue weighted by molar-refractivity contribution is 6.26. The van der Waals surface area contributed by atoms with Crippen molar-refractivity contribution in [1.82, 2.24) is 5.32 Å². The van der Waals surface area contributed by atoms with E-state index in [4.69, 9.17) is 23.4 Å². The van der Waals surface area contributed by atoms with Crippen molar-refractivity contribution < 1.29 is 28.2 Å². The molecular weight excluding hydrogens is 318 g/mol. The summed E-state index contributed by atoms with van der Waals surface area (Å²) in [5.74, 6) is -1.30. The van der Waals surface area contributed by atoms with Gasteiger partial charge in [-0.05, 0) is 39.3 Å². The number of ether oxygens (including phenoxy) is 4. The van der Waals surface area contributed by atoms with Crippen molar-refractivity contribution in [3.8, 4) is 0 Å². The second-order valence-electron chi connectivity index (χ2n) is 4.56. The number of nitrogens with one attached hydrogen (secondary N) is 1. The minimum Gasteiger partial charge on any atom is -0.402 e. The zero-order valence-corrected chi connectivity index (χ0v) is 16.0. The van der Waals surface area contributed by atoms with Crippen molar-refractivity contribution in [3.63, 3.8) is 0 Å². The average molecular weight is 350 g/mol. The van der Waals surface area contributed by atoms with Gasteiger partial charge in [0.15, 0.2) is 9.76 Å². The minimum atomic E-state index is -1.15. The van der Waals surface area contributed by atoms with E-state index in [1.54, 1.807) is 0 Å². The van der Waals surface area contributed by atoms with Gasteiger partial charge in [0.05, 0.1) is 0 Å². The fourth-order valence-corrected chi connectivity index (χ4v) is 2.70. The lowest BCUT2D eigenvalue weighted by molar-refractivity contribution is -0.393. The lowest BCUT2D eigenvalue weighted by atomic mass is 10.4. The van der Waals surface area contributed by atoms with Gasteiger partial charge in [0, 0.05) is 26.4 Å². The van der Waals surface area contributed by atoms with Crippen molar-refractivity contribution in [3.05, 3.63) is 12.7 Å². The fraction of sp³-hybridized carbons (Fsp3) is 0.800. The summed E-state index contributed by atoms with van der Waals surface area (Å²) in [6.45, 7) is 11.4. The summed E-state index contributed by atoms with van der Waals surface area (Å²) in [4.78, 5) is 10.9. The Bertz CT molecular complexity index is 299. The van der Waals surface area contributed by atoms with Gasteiger partial charge in [0.25, 0.3) is 0 Å². The fourth-order valence-electron chi connectivity index (χ4n) is 1.81. The molecule has 0 atom stereocenters.